The Balaban J connectivity index is 2.46. The summed E-state index contributed by atoms with van der Waals surface area (Å²) in [6, 6.07) is 6.98. The SMILES string of the molecule is C=CCN1C(=O)C(O)(CC(=O)N(C)C)c2ccccc21. The average Bonchev–Trinajstić information content (AvgIpc) is 2.62. The molecule has 0 bridgehead atoms. The predicted molar refractivity (Wildman–Crippen MR) is 76.2 cm³/mol. The second-order valence-electron chi connectivity index (χ2n) is 5.05. The third-order valence-electron chi connectivity index (χ3n) is 3.46. The van der Waals surface area contributed by atoms with E-state index in [-0.39, 0.29) is 12.3 Å². The van der Waals surface area contributed by atoms with Crippen molar-refractivity contribution >= 4 is 17.5 Å². The first-order valence-corrected chi connectivity index (χ1v) is 6.36. The van der Waals surface area contributed by atoms with Crippen LogP contribution < -0.4 is 4.90 Å². The fourth-order valence-corrected chi connectivity index (χ4v) is 2.36. The number of carbonyl (C=O) groups excluding carboxylic acids is 2. The smallest absolute Gasteiger partial charge is 0.264 e. The number of hydrogen-bond acceptors (Lipinski definition) is 3. The van der Waals surface area contributed by atoms with Crippen molar-refractivity contribution in [3.05, 3.63) is 42.5 Å². The number of rotatable bonds is 4. The quantitative estimate of drug-likeness (QED) is 0.829. The lowest BCUT2D eigenvalue weighted by atomic mass is 9.91. The highest BCUT2D eigenvalue weighted by Gasteiger charge is 2.50. The van der Waals surface area contributed by atoms with Crippen LogP contribution in [0.5, 0.6) is 0 Å². The van der Waals surface area contributed by atoms with Gasteiger partial charge in [0.05, 0.1) is 12.1 Å². The fraction of sp³-hybridized carbons (Fsp3) is 0.333. The first kappa shape index (κ1) is 14.3. The topological polar surface area (TPSA) is 60.9 Å². The van der Waals surface area contributed by atoms with Gasteiger partial charge in [0, 0.05) is 26.2 Å². The first-order chi connectivity index (χ1) is 9.41. The molecule has 1 aromatic rings. The van der Waals surface area contributed by atoms with Crippen LogP contribution in [0.3, 0.4) is 0 Å². The molecule has 0 saturated heterocycles. The van der Waals surface area contributed by atoms with Crippen molar-refractivity contribution in [2.24, 2.45) is 0 Å². The van der Waals surface area contributed by atoms with Gasteiger partial charge in [0.25, 0.3) is 5.91 Å². The van der Waals surface area contributed by atoms with E-state index in [2.05, 4.69) is 6.58 Å². The minimum Gasteiger partial charge on any atom is -0.375 e. The molecular weight excluding hydrogens is 256 g/mol. The number of hydrogen-bond donors (Lipinski definition) is 1. The van der Waals surface area contributed by atoms with Crippen LogP contribution in [0.4, 0.5) is 5.69 Å². The second-order valence-corrected chi connectivity index (χ2v) is 5.05. The summed E-state index contributed by atoms with van der Waals surface area (Å²) in [6.07, 6.45) is 1.33. The van der Waals surface area contributed by atoms with Gasteiger partial charge < -0.3 is 14.9 Å². The second kappa shape index (κ2) is 5.09. The first-order valence-electron chi connectivity index (χ1n) is 6.36. The minimum atomic E-state index is -1.79. The molecule has 2 amide bonds. The van der Waals surface area contributed by atoms with Crippen molar-refractivity contribution in [3.8, 4) is 0 Å². The number of fused-ring (bicyclic) bond motifs is 1. The van der Waals surface area contributed by atoms with E-state index in [1.807, 2.05) is 0 Å². The molecule has 0 spiro atoms. The van der Waals surface area contributed by atoms with Gasteiger partial charge in [-0.05, 0) is 6.07 Å². The van der Waals surface area contributed by atoms with Gasteiger partial charge in [0.15, 0.2) is 5.60 Å². The molecule has 1 atom stereocenters. The van der Waals surface area contributed by atoms with Crippen molar-refractivity contribution in [1.82, 2.24) is 4.90 Å². The normalized spacial score (nSPS) is 20.8. The summed E-state index contributed by atoms with van der Waals surface area (Å²) in [7, 11) is 3.19. The van der Waals surface area contributed by atoms with E-state index in [0.29, 0.717) is 17.8 Å². The van der Waals surface area contributed by atoms with E-state index < -0.39 is 11.5 Å². The molecule has 0 aliphatic carbocycles. The van der Waals surface area contributed by atoms with Gasteiger partial charge in [0.2, 0.25) is 5.91 Å². The Morgan fingerprint density at radius 3 is 2.70 bits per heavy atom. The van der Waals surface area contributed by atoms with Gasteiger partial charge in [0.1, 0.15) is 0 Å². The van der Waals surface area contributed by atoms with Gasteiger partial charge in [-0.1, -0.05) is 24.3 Å². The van der Waals surface area contributed by atoms with Gasteiger partial charge in [-0.15, -0.1) is 6.58 Å². The Morgan fingerprint density at radius 2 is 2.10 bits per heavy atom. The Hall–Kier alpha value is -2.14. The standard InChI is InChI=1S/C15H18N2O3/c1-4-9-17-12-8-6-5-7-11(12)15(20,14(17)19)10-13(18)16(2)3/h4-8,20H,1,9-10H2,2-3H3. The van der Waals surface area contributed by atoms with Crippen molar-refractivity contribution in [2.45, 2.75) is 12.0 Å². The zero-order valence-corrected chi connectivity index (χ0v) is 11.7. The summed E-state index contributed by atoms with van der Waals surface area (Å²) < 4.78 is 0. The molecule has 1 heterocycles. The van der Waals surface area contributed by atoms with Crippen LogP contribution in [0.1, 0.15) is 12.0 Å². The molecular formula is C15H18N2O3. The van der Waals surface area contributed by atoms with Crippen LogP contribution in [-0.2, 0) is 15.2 Å². The molecule has 1 N–H and O–H groups in total. The molecule has 0 saturated carbocycles. The summed E-state index contributed by atoms with van der Waals surface area (Å²) in [6.45, 7) is 3.92. The highest BCUT2D eigenvalue weighted by molar-refractivity contribution is 6.08. The Morgan fingerprint density at radius 1 is 1.45 bits per heavy atom. The highest BCUT2D eigenvalue weighted by atomic mass is 16.3. The number of para-hydroxylation sites is 1. The Kier molecular flexibility index (Phi) is 3.63. The van der Waals surface area contributed by atoms with E-state index >= 15 is 0 Å². The number of aliphatic hydroxyl groups is 1. The molecule has 1 unspecified atom stereocenters. The molecule has 0 fully saturated rings. The lowest BCUT2D eigenvalue weighted by molar-refractivity contribution is -0.145. The summed E-state index contributed by atoms with van der Waals surface area (Å²) in [4.78, 5) is 27.2. The molecule has 5 heteroatoms. The Bertz CT molecular complexity index is 568. The summed E-state index contributed by atoms with van der Waals surface area (Å²) >= 11 is 0. The van der Waals surface area contributed by atoms with Crippen LogP contribution in [0.15, 0.2) is 36.9 Å². The van der Waals surface area contributed by atoms with Crippen molar-refractivity contribution in [2.75, 3.05) is 25.5 Å². The Labute approximate surface area is 118 Å². The molecule has 20 heavy (non-hydrogen) atoms. The molecule has 0 aromatic heterocycles. The van der Waals surface area contributed by atoms with Crippen LogP contribution in [0.25, 0.3) is 0 Å². The zero-order chi connectivity index (χ0) is 14.9. The van der Waals surface area contributed by atoms with E-state index in [1.165, 1.54) is 9.80 Å². The van der Waals surface area contributed by atoms with E-state index in [1.54, 1.807) is 44.4 Å². The van der Waals surface area contributed by atoms with Crippen molar-refractivity contribution in [3.63, 3.8) is 0 Å². The summed E-state index contributed by atoms with van der Waals surface area (Å²) in [5, 5.41) is 10.8. The molecule has 106 valence electrons. The third-order valence-corrected chi connectivity index (χ3v) is 3.46. The largest absolute Gasteiger partial charge is 0.375 e. The van der Waals surface area contributed by atoms with Gasteiger partial charge in [-0.2, -0.15) is 0 Å². The number of benzene rings is 1. The van der Waals surface area contributed by atoms with Crippen LogP contribution in [0, 0.1) is 0 Å². The highest BCUT2D eigenvalue weighted by Crippen LogP contribution is 2.42. The minimum absolute atomic E-state index is 0.260. The molecule has 1 aliphatic rings. The van der Waals surface area contributed by atoms with Gasteiger partial charge >= 0.3 is 0 Å². The van der Waals surface area contributed by atoms with Gasteiger partial charge in [-0.3, -0.25) is 9.59 Å². The number of carbonyl (C=O) groups is 2. The average molecular weight is 274 g/mol. The van der Waals surface area contributed by atoms with E-state index in [0.717, 1.165) is 0 Å². The molecule has 0 radical (unpaired) electrons. The lowest BCUT2D eigenvalue weighted by Crippen LogP contribution is -2.43. The van der Waals surface area contributed by atoms with Crippen molar-refractivity contribution < 1.29 is 14.7 Å². The van der Waals surface area contributed by atoms with Crippen LogP contribution >= 0.6 is 0 Å². The number of anilines is 1. The fourth-order valence-electron chi connectivity index (χ4n) is 2.36. The molecule has 1 aliphatic heterocycles. The molecule has 2 rings (SSSR count). The van der Waals surface area contributed by atoms with E-state index in [9.17, 15) is 14.7 Å². The lowest BCUT2D eigenvalue weighted by Gasteiger charge is -2.23. The molecule has 1 aromatic carbocycles. The van der Waals surface area contributed by atoms with Crippen LogP contribution in [0.2, 0.25) is 0 Å². The zero-order valence-electron chi connectivity index (χ0n) is 11.7. The number of nitrogens with zero attached hydrogens (tertiary/aromatic N) is 2. The number of amides is 2. The molecule has 5 nitrogen and oxygen atoms in total. The summed E-state index contributed by atoms with van der Waals surface area (Å²) in [5.41, 5.74) is -0.686. The maximum atomic E-state index is 12.5. The van der Waals surface area contributed by atoms with E-state index in [4.69, 9.17) is 0 Å². The summed E-state index contributed by atoms with van der Waals surface area (Å²) in [5.74, 6) is -0.773. The predicted octanol–water partition coefficient (Wildman–Crippen LogP) is 0.885. The third kappa shape index (κ3) is 2.10. The van der Waals surface area contributed by atoms with Crippen molar-refractivity contribution in [1.29, 1.82) is 0 Å². The van der Waals surface area contributed by atoms with Crippen LogP contribution in [-0.4, -0.2) is 42.5 Å². The monoisotopic (exact) mass is 274 g/mol. The van der Waals surface area contributed by atoms with Gasteiger partial charge in [-0.25, -0.2) is 0 Å². The maximum absolute atomic E-state index is 12.5. The maximum Gasteiger partial charge on any atom is 0.264 e.